The average Bonchev–Trinajstić information content (AvgIpc) is 3.54. The van der Waals surface area contributed by atoms with E-state index in [-0.39, 0.29) is 35.5 Å². The van der Waals surface area contributed by atoms with Crippen molar-refractivity contribution < 1.29 is 23.8 Å². The van der Waals surface area contributed by atoms with Gasteiger partial charge in [0.1, 0.15) is 24.6 Å². The summed E-state index contributed by atoms with van der Waals surface area (Å²) in [6.07, 6.45) is 3.92. The molecule has 1 aromatic rings. The molecule has 3 heterocycles. The van der Waals surface area contributed by atoms with E-state index in [4.69, 9.17) is 23.8 Å². The number of rotatable bonds is 8. The minimum absolute atomic E-state index is 0.0788. The van der Waals surface area contributed by atoms with Gasteiger partial charge in [0.2, 0.25) is 0 Å². The molecule has 3 saturated heterocycles. The lowest BCUT2D eigenvalue weighted by atomic mass is 9.73. The van der Waals surface area contributed by atoms with E-state index in [0.29, 0.717) is 6.61 Å². The Hall–Kier alpha value is -1.18. The Morgan fingerprint density at radius 1 is 1.03 bits per heavy atom. The third-order valence-corrected chi connectivity index (χ3v) is 7.51. The van der Waals surface area contributed by atoms with Gasteiger partial charge in [-0.3, -0.25) is 4.84 Å². The number of epoxide rings is 1. The number of hydroxylamine groups is 2. The minimum atomic E-state index is -0.540. The van der Waals surface area contributed by atoms with Crippen molar-refractivity contribution in [3.05, 3.63) is 29.8 Å². The first-order chi connectivity index (χ1) is 15.1. The molecule has 32 heavy (non-hydrogen) atoms. The predicted molar refractivity (Wildman–Crippen MR) is 123 cm³/mol. The van der Waals surface area contributed by atoms with Crippen molar-refractivity contribution >= 4 is 0 Å². The number of nitrogens with zero attached hydrogens (tertiary/aromatic N) is 1. The Morgan fingerprint density at radius 2 is 1.62 bits per heavy atom. The van der Waals surface area contributed by atoms with Crippen molar-refractivity contribution in [3.63, 3.8) is 0 Å². The smallest absolute Gasteiger partial charge is 0.172 e. The molecule has 0 bridgehead atoms. The van der Waals surface area contributed by atoms with Crippen molar-refractivity contribution in [3.8, 4) is 5.75 Å². The highest BCUT2D eigenvalue weighted by Crippen LogP contribution is 2.52. The molecule has 0 radical (unpaired) electrons. The summed E-state index contributed by atoms with van der Waals surface area (Å²) in [4.78, 5) is 6.76. The maximum atomic E-state index is 6.76. The van der Waals surface area contributed by atoms with E-state index in [0.717, 1.165) is 43.6 Å². The molecule has 1 aromatic carbocycles. The van der Waals surface area contributed by atoms with E-state index in [9.17, 15) is 0 Å². The van der Waals surface area contributed by atoms with Crippen molar-refractivity contribution in [2.75, 3.05) is 13.2 Å². The van der Waals surface area contributed by atoms with Crippen LogP contribution in [0.4, 0.5) is 0 Å². The zero-order valence-corrected chi connectivity index (χ0v) is 20.8. The maximum absolute atomic E-state index is 6.76. The summed E-state index contributed by atoms with van der Waals surface area (Å²) in [5.41, 5.74) is 0.732. The molecule has 6 nitrogen and oxygen atoms in total. The summed E-state index contributed by atoms with van der Waals surface area (Å²) in [5, 5.41) is 2.27. The highest BCUT2D eigenvalue weighted by atomic mass is 16.8. The predicted octanol–water partition coefficient (Wildman–Crippen LogP) is 5.41. The van der Waals surface area contributed by atoms with Crippen molar-refractivity contribution in [2.24, 2.45) is 0 Å². The van der Waals surface area contributed by atoms with Crippen molar-refractivity contribution in [2.45, 2.75) is 115 Å². The average molecular weight is 448 g/mol. The van der Waals surface area contributed by atoms with Crippen molar-refractivity contribution in [1.82, 2.24) is 5.06 Å². The van der Waals surface area contributed by atoms with Gasteiger partial charge in [0.05, 0.1) is 24.4 Å². The van der Waals surface area contributed by atoms with Gasteiger partial charge in [-0.2, -0.15) is 5.06 Å². The second-order valence-corrected chi connectivity index (χ2v) is 10.5. The number of piperidine rings is 1. The zero-order chi connectivity index (χ0) is 23.1. The number of hydrogen-bond acceptors (Lipinski definition) is 6. The molecule has 0 aliphatic carbocycles. The Balaban J connectivity index is 1.50. The number of ether oxygens (including phenoxy) is 4. The highest BCUT2D eigenvalue weighted by Gasteiger charge is 2.60. The zero-order valence-electron chi connectivity index (χ0n) is 20.8. The molecule has 0 N–H and O–H groups in total. The van der Waals surface area contributed by atoms with Gasteiger partial charge in [-0.05, 0) is 65.2 Å². The van der Waals surface area contributed by atoms with Gasteiger partial charge in [-0.25, -0.2) is 0 Å². The van der Waals surface area contributed by atoms with E-state index in [1.165, 1.54) is 0 Å². The Bertz CT molecular complexity index is 761. The van der Waals surface area contributed by atoms with Crippen LogP contribution in [0.25, 0.3) is 0 Å². The van der Waals surface area contributed by atoms with Crippen LogP contribution in [0.5, 0.6) is 5.75 Å². The third kappa shape index (κ3) is 4.71. The lowest BCUT2D eigenvalue weighted by Crippen LogP contribution is -2.67. The molecule has 4 unspecified atom stereocenters. The second kappa shape index (κ2) is 8.88. The van der Waals surface area contributed by atoms with Gasteiger partial charge >= 0.3 is 0 Å². The summed E-state index contributed by atoms with van der Waals surface area (Å²) in [7, 11) is 0. The van der Waals surface area contributed by atoms with Crippen LogP contribution in [0, 0.1) is 0 Å². The van der Waals surface area contributed by atoms with E-state index >= 15 is 0 Å². The molecule has 0 aromatic heterocycles. The van der Waals surface area contributed by atoms with Crippen LogP contribution in [0.15, 0.2) is 24.3 Å². The van der Waals surface area contributed by atoms with Gasteiger partial charge in [0, 0.05) is 18.4 Å². The lowest BCUT2D eigenvalue weighted by molar-refractivity contribution is -0.360. The molecule has 4 rings (SSSR count). The van der Waals surface area contributed by atoms with Crippen LogP contribution in [-0.4, -0.2) is 53.5 Å². The monoisotopic (exact) mass is 447 g/mol. The molecule has 3 fully saturated rings. The fraction of sp³-hybridized carbons (Fsp3) is 0.769. The topological polar surface area (TPSA) is 52.7 Å². The van der Waals surface area contributed by atoms with Gasteiger partial charge in [-0.1, -0.05) is 26.0 Å². The summed E-state index contributed by atoms with van der Waals surface area (Å²) in [6, 6.07) is 8.23. The van der Waals surface area contributed by atoms with Crippen LogP contribution >= 0.6 is 0 Å². The third-order valence-electron chi connectivity index (χ3n) is 7.51. The SMILES string of the molecule is CCC1(CC)CC2(CC(C)(C)N1OC(C)c1ccc(OCC3CO3)cc1)OC(C)C(C)O2. The van der Waals surface area contributed by atoms with E-state index < -0.39 is 5.79 Å². The largest absolute Gasteiger partial charge is 0.491 e. The normalized spacial score (nSPS) is 34.5. The summed E-state index contributed by atoms with van der Waals surface area (Å²) < 4.78 is 23.9. The first-order valence-electron chi connectivity index (χ1n) is 12.3. The van der Waals surface area contributed by atoms with Crippen molar-refractivity contribution in [1.29, 1.82) is 0 Å². The van der Waals surface area contributed by atoms with Crippen LogP contribution in [0.1, 0.15) is 85.8 Å². The molecule has 3 aliphatic rings. The van der Waals surface area contributed by atoms with Crippen LogP contribution in [-0.2, 0) is 19.0 Å². The van der Waals surface area contributed by atoms with Crippen LogP contribution < -0.4 is 4.74 Å². The molecule has 0 saturated carbocycles. The van der Waals surface area contributed by atoms with Gasteiger partial charge in [-0.15, -0.1) is 0 Å². The molecule has 1 spiro atoms. The maximum Gasteiger partial charge on any atom is 0.172 e. The fourth-order valence-corrected chi connectivity index (χ4v) is 5.52. The van der Waals surface area contributed by atoms with E-state index in [1.54, 1.807) is 0 Å². The quantitative estimate of drug-likeness (QED) is 0.497. The minimum Gasteiger partial charge on any atom is -0.491 e. The molecule has 6 heteroatoms. The molecular weight excluding hydrogens is 406 g/mol. The molecule has 0 amide bonds. The van der Waals surface area contributed by atoms with E-state index in [2.05, 4.69) is 65.7 Å². The fourth-order valence-electron chi connectivity index (χ4n) is 5.52. The Morgan fingerprint density at radius 3 is 2.16 bits per heavy atom. The molecule has 3 aliphatic heterocycles. The number of hydrogen-bond donors (Lipinski definition) is 0. The van der Waals surface area contributed by atoms with Gasteiger partial charge in [0.15, 0.2) is 5.79 Å². The van der Waals surface area contributed by atoms with Crippen LogP contribution in [0.2, 0.25) is 0 Å². The van der Waals surface area contributed by atoms with Gasteiger partial charge < -0.3 is 18.9 Å². The van der Waals surface area contributed by atoms with E-state index in [1.807, 2.05) is 12.1 Å². The van der Waals surface area contributed by atoms with Crippen LogP contribution in [0.3, 0.4) is 0 Å². The molecule has 180 valence electrons. The number of benzene rings is 1. The summed E-state index contributed by atoms with van der Waals surface area (Å²) in [6.45, 7) is 16.8. The molecular formula is C26H41NO5. The summed E-state index contributed by atoms with van der Waals surface area (Å²) >= 11 is 0. The first-order valence-corrected chi connectivity index (χ1v) is 12.3. The standard InChI is InChI=1S/C26H41NO5/c1-8-25(9-2)17-26(30-18(3)19(4)31-26)16-24(6,7)27(25)32-20(5)21-10-12-22(13-11-21)28-14-23-15-29-23/h10-13,18-20,23H,8-9,14-17H2,1-7H3. The van der Waals surface area contributed by atoms with Gasteiger partial charge in [0.25, 0.3) is 0 Å². The summed E-state index contributed by atoms with van der Waals surface area (Å²) in [5.74, 6) is 0.328. The Labute approximate surface area is 193 Å². The lowest BCUT2D eigenvalue weighted by Gasteiger charge is -2.59. The Kier molecular flexibility index (Phi) is 6.65. The first kappa shape index (κ1) is 24.0. The second-order valence-electron chi connectivity index (χ2n) is 10.5. The highest BCUT2D eigenvalue weighted by molar-refractivity contribution is 5.28. The molecule has 4 atom stereocenters.